The van der Waals surface area contributed by atoms with E-state index in [0.29, 0.717) is 10.6 Å². The van der Waals surface area contributed by atoms with Crippen molar-refractivity contribution in [3.63, 3.8) is 0 Å². The molecular weight excluding hydrogens is 248 g/mol. The molecule has 0 aliphatic heterocycles. The zero-order valence-electron chi connectivity index (χ0n) is 10.9. The van der Waals surface area contributed by atoms with Gasteiger partial charge in [-0.15, -0.1) is 0 Å². The van der Waals surface area contributed by atoms with Crippen molar-refractivity contribution in [2.75, 3.05) is 0 Å². The summed E-state index contributed by atoms with van der Waals surface area (Å²) in [6, 6.07) is 7.38. The number of halogens is 1. The summed E-state index contributed by atoms with van der Waals surface area (Å²) in [5, 5.41) is 12.0. The molecule has 18 heavy (non-hydrogen) atoms. The third kappa shape index (κ3) is 3.24. The molecule has 0 bridgehead atoms. The number of nitrogens with one attached hydrogen (secondary N) is 1. The summed E-state index contributed by atoms with van der Waals surface area (Å²) in [5.74, 6) is -0.271. The van der Waals surface area contributed by atoms with Crippen molar-refractivity contribution in [3.05, 3.63) is 34.3 Å². The van der Waals surface area contributed by atoms with Gasteiger partial charge >= 0.3 is 0 Å². The van der Waals surface area contributed by atoms with E-state index in [-0.39, 0.29) is 5.91 Å². The summed E-state index contributed by atoms with van der Waals surface area (Å²) in [5.41, 5.74) is 0.754. The molecule has 4 heteroatoms. The van der Waals surface area contributed by atoms with Gasteiger partial charge in [0, 0.05) is 0 Å². The van der Waals surface area contributed by atoms with Gasteiger partial charge in [0.1, 0.15) is 5.54 Å². The highest BCUT2D eigenvalue weighted by molar-refractivity contribution is 6.33. The molecule has 2 rings (SSSR count). The van der Waals surface area contributed by atoms with Crippen LogP contribution >= 0.6 is 11.6 Å². The van der Waals surface area contributed by atoms with E-state index in [0.717, 1.165) is 18.4 Å². The molecule has 3 nitrogen and oxygen atoms in total. The molecule has 96 valence electrons. The Balaban J connectivity index is 0.000000771. The maximum absolute atomic E-state index is 11.9. The van der Waals surface area contributed by atoms with Crippen LogP contribution in [-0.4, -0.2) is 11.4 Å². The molecule has 1 saturated carbocycles. The second kappa shape index (κ2) is 5.88. The lowest BCUT2D eigenvalue weighted by atomic mass is 10.1. The molecule has 1 aromatic carbocycles. The summed E-state index contributed by atoms with van der Waals surface area (Å²) in [6.45, 7) is 5.89. The average Bonchev–Trinajstić information content (AvgIpc) is 3.15. The second-order valence-electron chi connectivity index (χ2n) is 4.13. The highest BCUT2D eigenvalue weighted by Gasteiger charge is 2.44. The zero-order valence-corrected chi connectivity index (χ0v) is 11.6. The SMILES string of the molecule is CC.Cc1ccc(Cl)c(C(=O)NC2(C#N)CC2)c1. The number of amides is 1. The minimum Gasteiger partial charge on any atom is -0.334 e. The van der Waals surface area contributed by atoms with Crippen LogP contribution in [-0.2, 0) is 0 Å². The predicted molar refractivity (Wildman–Crippen MR) is 72.6 cm³/mol. The quantitative estimate of drug-likeness (QED) is 0.889. The third-order valence-electron chi connectivity index (χ3n) is 2.68. The van der Waals surface area contributed by atoms with Crippen molar-refractivity contribution in [3.8, 4) is 6.07 Å². The van der Waals surface area contributed by atoms with Crippen LogP contribution in [0.5, 0.6) is 0 Å². The van der Waals surface area contributed by atoms with Gasteiger partial charge in [0.15, 0.2) is 0 Å². The minimum atomic E-state index is -0.649. The molecule has 0 atom stereocenters. The summed E-state index contributed by atoms with van der Waals surface area (Å²) in [6.07, 6.45) is 1.44. The van der Waals surface area contributed by atoms with Crippen molar-refractivity contribution >= 4 is 17.5 Å². The highest BCUT2D eigenvalue weighted by atomic mass is 35.5. The molecule has 1 aliphatic carbocycles. The van der Waals surface area contributed by atoms with Crippen LogP contribution in [0.25, 0.3) is 0 Å². The fraction of sp³-hybridized carbons (Fsp3) is 0.429. The fourth-order valence-corrected chi connectivity index (χ4v) is 1.69. The number of nitrogens with zero attached hydrogens (tertiary/aromatic N) is 1. The lowest BCUT2D eigenvalue weighted by Crippen LogP contribution is -2.35. The van der Waals surface area contributed by atoms with E-state index in [9.17, 15) is 4.79 Å². The number of hydrogen-bond donors (Lipinski definition) is 1. The fourth-order valence-electron chi connectivity index (χ4n) is 1.49. The largest absolute Gasteiger partial charge is 0.334 e. The van der Waals surface area contributed by atoms with Crippen LogP contribution < -0.4 is 5.32 Å². The molecule has 0 aromatic heterocycles. The highest BCUT2D eigenvalue weighted by Crippen LogP contribution is 2.34. The Hall–Kier alpha value is -1.53. The summed E-state index contributed by atoms with van der Waals surface area (Å²) in [7, 11) is 0. The van der Waals surface area contributed by atoms with E-state index >= 15 is 0 Å². The van der Waals surface area contributed by atoms with Crippen LogP contribution in [0, 0.1) is 18.3 Å². The van der Waals surface area contributed by atoms with Crippen molar-refractivity contribution in [1.29, 1.82) is 5.26 Å². The molecular formula is C14H17ClN2O. The topological polar surface area (TPSA) is 52.9 Å². The smallest absolute Gasteiger partial charge is 0.254 e. The summed E-state index contributed by atoms with van der Waals surface area (Å²) >= 11 is 5.94. The molecule has 0 spiro atoms. The maximum Gasteiger partial charge on any atom is 0.254 e. The van der Waals surface area contributed by atoms with Gasteiger partial charge in [-0.25, -0.2) is 0 Å². The summed E-state index contributed by atoms with van der Waals surface area (Å²) < 4.78 is 0. The Bertz CT molecular complexity index is 487. The zero-order chi connectivity index (χ0) is 13.8. The van der Waals surface area contributed by atoms with E-state index in [4.69, 9.17) is 16.9 Å². The van der Waals surface area contributed by atoms with E-state index in [1.807, 2.05) is 26.8 Å². The lowest BCUT2D eigenvalue weighted by Gasteiger charge is -2.10. The van der Waals surface area contributed by atoms with E-state index < -0.39 is 5.54 Å². The molecule has 0 radical (unpaired) electrons. The van der Waals surface area contributed by atoms with E-state index in [1.165, 1.54) is 0 Å². The van der Waals surface area contributed by atoms with Crippen LogP contribution in [0.2, 0.25) is 5.02 Å². The third-order valence-corrected chi connectivity index (χ3v) is 3.01. The molecule has 0 heterocycles. The monoisotopic (exact) mass is 264 g/mol. The number of nitriles is 1. The first-order valence-electron chi connectivity index (χ1n) is 6.06. The van der Waals surface area contributed by atoms with Crippen LogP contribution in [0.1, 0.15) is 42.6 Å². The Kier molecular flexibility index (Phi) is 4.75. The van der Waals surface area contributed by atoms with Crippen molar-refractivity contribution < 1.29 is 4.79 Å². The Morgan fingerprint density at radius 1 is 1.44 bits per heavy atom. The van der Waals surface area contributed by atoms with Crippen LogP contribution in [0.4, 0.5) is 0 Å². The molecule has 0 saturated heterocycles. The van der Waals surface area contributed by atoms with Gasteiger partial charge in [-0.3, -0.25) is 4.79 Å². The standard InChI is InChI=1S/C12H11ClN2O.C2H6/c1-8-2-3-10(13)9(6-8)11(16)15-12(7-14)4-5-12;1-2/h2-3,6H,4-5H2,1H3,(H,15,16);1-2H3. The number of carbonyl (C=O) groups excluding carboxylic acids is 1. The van der Waals surface area contributed by atoms with Gasteiger partial charge in [0.25, 0.3) is 5.91 Å². The Morgan fingerprint density at radius 3 is 2.56 bits per heavy atom. The van der Waals surface area contributed by atoms with Crippen LogP contribution in [0.3, 0.4) is 0 Å². The lowest BCUT2D eigenvalue weighted by molar-refractivity contribution is 0.0941. The van der Waals surface area contributed by atoms with Gasteiger partial charge < -0.3 is 5.32 Å². The van der Waals surface area contributed by atoms with Gasteiger partial charge in [0.2, 0.25) is 0 Å². The number of carbonyl (C=O) groups is 1. The van der Waals surface area contributed by atoms with Gasteiger partial charge in [-0.1, -0.05) is 37.1 Å². The first-order valence-corrected chi connectivity index (χ1v) is 6.44. The van der Waals surface area contributed by atoms with Gasteiger partial charge in [-0.05, 0) is 31.9 Å². The molecule has 1 aromatic rings. The number of hydrogen-bond acceptors (Lipinski definition) is 2. The summed E-state index contributed by atoms with van der Waals surface area (Å²) in [4.78, 5) is 11.9. The normalized spacial score (nSPS) is 14.8. The number of aryl methyl sites for hydroxylation is 1. The van der Waals surface area contributed by atoms with Crippen molar-refractivity contribution in [2.45, 2.75) is 39.2 Å². The first kappa shape index (κ1) is 14.5. The Morgan fingerprint density at radius 2 is 2.06 bits per heavy atom. The molecule has 1 fully saturated rings. The van der Waals surface area contributed by atoms with Crippen molar-refractivity contribution in [1.82, 2.24) is 5.32 Å². The molecule has 0 unspecified atom stereocenters. The molecule has 1 aliphatic rings. The van der Waals surface area contributed by atoms with Crippen LogP contribution in [0.15, 0.2) is 18.2 Å². The minimum absolute atomic E-state index is 0.271. The Labute approximate surface area is 113 Å². The molecule has 1 amide bonds. The van der Waals surface area contributed by atoms with Gasteiger partial charge in [0.05, 0.1) is 16.7 Å². The maximum atomic E-state index is 11.9. The number of benzene rings is 1. The average molecular weight is 265 g/mol. The molecule has 1 N–H and O–H groups in total. The van der Waals surface area contributed by atoms with E-state index in [1.54, 1.807) is 12.1 Å². The van der Waals surface area contributed by atoms with Gasteiger partial charge in [-0.2, -0.15) is 5.26 Å². The number of rotatable bonds is 2. The van der Waals surface area contributed by atoms with E-state index in [2.05, 4.69) is 11.4 Å². The first-order chi connectivity index (χ1) is 8.56. The van der Waals surface area contributed by atoms with Crippen molar-refractivity contribution in [2.24, 2.45) is 0 Å². The predicted octanol–water partition coefficient (Wildman–Crippen LogP) is 3.46. The second-order valence-corrected chi connectivity index (χ2v) is 4.54.